The molecule has 1 unspecified atom stereocenters. The number of hydrazone groups is 1. The number of halogens is 1. The molecule has 82 valence electrons. The number of rotatable bonds is 0. The first-order valence-electron chi connectivity index (χ1n) is 5.61. The first kappa shape index (κ1) is 9.91. The van der Waals surface area contributed by atoms with Crippen LogP contribution in [0.15, 0.2) is 41.0 Å². The molecule has 1 aliphatic heterocycles. The van der Waals surface area contributed by atoms with Crippen molar-refractivity contribution in [2.45, 2.75) is 24.8 Å². The minimum absolute atomic E-state index is 0.163. The fourth-order valence-corrected chi connectivity index (χ4v) is 2.57. The summed E-state index contributed by atoms with van der Waals surface area (Å²) in [6.07, 6.45) is 5.44. The monoisotopic (exact) mass is 232 g/mol. The van der Waals surface area contributed by atoms with Crippen molar-refractivity contribution < 1.29 is 0 Å². The first-order valence-corrected chi connectivity index (χ1v) is 6.05. The molecule has 3 heteroatoms. The topological polar surface area (TPSA) is 24.4 Å². The summed E-state index contributed by atoms with van der Waals surface area (Å²) in [7, 11) is 0. The summed E-state index contributed by atoms with van der Waals surface area (Å²) < 4.78 is 0. The molecule has 0 aromatic heterocycles. The summed E-state index contributed by atoms with van der Waals surface area (Å²) in [4.78, 5) is 0. The van der Waals surface area contributed by atoms with E-state index in [-0.39, 0.29) is 5.50 Å². The Labute approximate surface area is 100 Å². The highest BCUT2D eigenvalue weighted by Crippen LogP contribution is 2.26. The lowest BCUT2D eigenvalue weighted by Gasteiger charge is -2.18. The van der Waals surface area contributed by atoms with Gasteiger partial charge in [-0.05, 0) is 36.5 Å². The number of fused-ring (bicyclic) bond motifs is 3. The Balaban J connectivity index is 2.12. The molecule has 0 spiro atoms. The number of alkyl halides is 1. The number of hydrogen-bond donors (Lipinski definition) is 1. The summed E-state index contributed by atoms with van der Waals surface area (Å²) in [5, 5.41) is 4.40. The lowest BCUT2D eigenvalue weighted by Crippen LogP contribution is -2.25. The molecule has 0 amide bonds. The third kappa shape index (κ3) is 1.63. The number of nitrogens with one attached hydrogen (secondary N) is 1. The van der Waals surface area contributed by atoms with Crippen LogP contribution in [0.3, 0.4) is 0 Å². The fourth-order valence-electron chi connectivity index (χ4n) is 2.36. The van der Waals surface area contributed by atoms with Crippen LogP contribution in [0.2, 0.25) is 0 Å². The molecule has 1 aromatic rings. The van der Waals surface area contributed by atoms with E-state index in [1.54, 1.807) is 0 Å². The third-order valence-corrected chi connectivity index (χ3v) is 3.34. The van der Waals surface area contributed by atoms with Crippen molar-refractivity contribution >= 4 is 17.3 Å². The molecule has 1 aliphatic carbocycles. The molecular weight excluding hydrogens is 220 g/mol. The Morgan fingerprint density at radius 1 is 1.25 bits per heavy atom. The Kier molecular flexibility index (Phi) is 2.44. The minimum atomic E-state index is -0.163. The molecule has 0 bridgehead atoms. The van der Waals surface area contributed by atoms with Crippen LogP contribution in [0.5, 0.6) is 0 Å². The van der Waals surface area contributed by atoms with Crippen molar-refractivity contribution in [3.63, 3.8) is 0 Å². The van der Waals surface area contributed by atoms with Crippen LogP contribution in [0.1, 0.15) is 24.0 Å². The average molecular weight is 233 g/mol. The summed E-state index contributed by atoms with van der Waals surface area (Å²) in [5.74, 6) is 0. The summed E-state index contributed by atoms with van der Waals surface area (Å²) >= 11 is 6.02. The number of benzene rings is 1. The zero-order chi connectivity index (χ0) is 11.0. The number of aryl methyl sites for hydroxylation is 1. The van der Waals surface area contributed by atoms with Gasteiger partial charge in [-0.2, -0.15) is 5.10 Å². The van der Waals surface area contributed by atoms with Gasteiger partial charge < -0.3 is 0 Å². The Hall–Kier alpha value is -1.28. The van der Waals surface area contributed by atoms with E-state index in [0.717, 1.165) is 18.6 Å². The van der Waals surface area contributed by atoms with Gasteiger partial charge in [0, 0.05) is 5.56 Å². The second-order valence-corrected chi connectivity index (χ2v) is 4.66. The molecular formula is C13H13ClN2. The summed E-state index contributed by atoms with van der Waals surface area (Å²) in [6, 6.07) is 8.49. The zero-order valence-corrected chi connectivity index (χ0v) is 9.67. The molecule has 2 nitrogen and oxygen atoms in total. The van der Waals surface area contributed by atoms with Crippen molar-refractivity contribution in [1.29, 1.82) is 0 Å². The van der Waals surface area contributed by atoms with Crippen LogP contribution in [0.25, 0.3) is 0 Å². The minimum Gasteiger partial charge on any atom is -0.288 e. The second-order valence-electron chi connectivity index (χ2n) is 4.19. The summed E-state index contributed by atoms with van der Waals surface area (Å²) in [6.45, 7) is 0. The van der Waals surface area contributed by atoms with Crippen molar-refractivity contribution in [2.75, 3.05) is 0 Å². The van der Waals surface area contributed by atoms with E-state index in [2.05, 4.69) is 40.9 Å². The average Bonchev–Trinajstić information content (AvgIpc) is 2.47. The van der Waals surface area contributed by atoms with E-state index in [9.17, 15) is 0 Å². The van der Waals surface area contributed by atoms with Crippen LogP contribution >= 0.6 is 11.6 Å². The van der Waals surface area contributed by atoms with E-state index in [1.165, 1.54) is 23.1 Å². The molecule has 1 N–H and O–H groups in total. The predicted octanol–water partition coefficient (Wildman–Crippen LogP) is 2.82. The van der Waals surface area contributed by atoms with Crippen molar-refractivity contribution in [3.8, 4) is 0 Å². The molecule has 1 heterocycles. The van der Waals surface area contributed by atoms with E-state index >= 15 is 0 Å². The van der Waals surface area contributed by atoms with Crippen LogP contribution in [-0.2, 0) is 6.42 Å². The van der Waals surface area contributed by atoms with E-state index in [4.69, 9.17) is 11.6 Å². The van der Waals surface area contributed by atoms with Gasteiger partial charge in [0.2, 0.25) is 0 Å². The normalized spacial score (nSPS) is 23.2. The highest BCUT2D eigenvalue weighted by atomic mass is 35.5. The molecule has 2 aliphatic rings. The molecule has 1 atom stereocenters. The maximum atomic E-state index is 6.02. The third-order valence-electron chi connectivity index (χ3n) is 3.12. The van der Waals surface area contributed by atoms with Gasteiger partial charge in [0.25, 0.3) is 0 Å². The number of nitrogens with zero attached hydrogens (tertiary/aromatic N) is 1. The van der Waals surface area contributed by atoms with Crippen LogP contribution in [0.4, 0.5) is 0 Å². The number of allylic oxidation sites excluding steroid dienone is 1. The second kappa shape index (κ2) is 3.95. The number of hydrogen-bond acceptors (Lipinski definition) is 2. The van der Waals surface area contributed by atoms with Gasteiger partial charge in [-0.3, -0.25) is 5.43 Å². The molecule has 16 heavy (non-hydrogen) atoms. The van der Waals surface area contributed by atoms with E-state index < -0.39 is 0 Å². The molecule has 0 radical (unpaired) electrons. The van der Waals surface area contributed by atoms with Crippen molar-refractivity contribution in [3.05, 3.63) is 47.0 Å². The SMILES string of the molecule is ClC1C=C2CCCc3ccccc3C2=NN1. The maximum absolute atomic E-state index is 6.02. The Morgan fingerprint density at radius 3 is 3.06 bits per heavy atom. The van der Waals surface area contributed by atoms with E-state index in [0.29, 0.717) is 0 Å². The van der Waals surface area contributed by atoms with Crippen molar-refractivity contribution in [1.82, 2.24) is 5.43 Å². The molecule has 0 saturated heterocycles. The fraction of sp³-hybridized carbons (Fsp3) is 0.308. The van der Waals surface area contributed by atoms with Gasteiger partial charge in [-0.15, -0.1) is 0 Å². The Bertz CT molecular complexity index is 477. The maximum Gasteiger partial charge on any atom is 0.136 e. The first-order chi connectivity index (χ1) is 7.84. The van der Waals surface area contributed by atoms with Crippen molar-refractivity contribution in [2.24, 2.45) is 5.10 Å². The van der Waals surface area contributed by atoms with Crippen LogP contribution < -0.4 is 5.43 Å². The quantitative estimate of drug-likeness (QED) is 0.540. The van der Waals surface area contributed by atoms with Gasteiger partial charge in [0.1, 0.15) is 5.50 Å². The highest BCUT2D eigenvalue weighted by molar-refractivity contribution is 6.23. The van der Waals surface area contributed by atoms with Gasteiger partial charge in [-0.1, -0.05) is 35.9 Å². The smallest absolute Gasteiger partial charge is 0.136 e. The summed E-state index contributed by atoms with van der Waals surface area (Å²) in [5.41, 5.74) is 7.76. The highest BCUT2D eigenvalue weighted by Gasteiger charge is 2.21. The molecule has 3 rings (SSSR count). The standard InChI is InChI=1S/C13H13ClN2/c14-12-8-10-6-3-5-9-4-1-2-7-11(9)13(10)16-15-12/h1-2,4,7-8,12,15H,3,5-6H2. The molecule has 1 aromatic carbocycles. The molecule has 0 fully saturated rings. The lowest BCUT2D eigenvalue weighted by molar-refractivity contribution is 0.747. The van der Waals surface area contributed by atoms with Crippen LogP contribution in [-0.4, -0.2) is 11.2 Å². The van der Waals surface area contributed by atoms with Crippen LogP contribution in [0, 0.1) is 0 Å². The molecule has 0 saturated carbocycles. The zero-order valence-electron chi connectivity index (χ0n) is 8.91. The van der Waals surface area contributed by atoms with E-state index in [1.807, 2.05) is 0 Å². The van der Waals surface area contributed by atoms with Gasteiger partial charge >= 0.3 is 0 Å². The Morgan fingerprint density at radius 2 is 2.12 bits per heavy atom. The van der Waals surface area contributed by atoms with Gasteiger partial charge in [0.15, 0.2) is 0 Å². The largest absolute Gasteiger partial charge is 0.288 e. The van der Waals surface area contributed by atoms with Gasteiger partial charge in [0.05, 0.1) is 5.71 Å². The van der Waals surface area contributed by atoms with Gasteiger partial charge in [-0.25, -0.2) is 0 Å². The lowest BCUT2D eigenvalue weighted by atomic mass is 9.98. The predicted molar refractivity (Wildman–Crippen MR) is 66.8 cm³/mol.